The van der Waals surface area contributed by atoms with Crippen LogP contribution in [-0.2, 0) is 22.6 Å². The van der Waals surface area contributed by atoms with Gasteiger partial charge in [0.2, 0.25) is 5.91 Å². The fourth-order valence-corrected chi connectivity index (χ4v) is 3.27. The first-order valence-electron chi connectivity index (χ1n) is 6.86. The number of carbonyl (C=O) groups excluding carboxylic acids is 1. The summed E-state index contributed by atoms with van der Waals surface area (Å²) in [5.41, 5.74) is 1.54. The second-order valence-corrected chi connectivity index (χ2v) is 6.06. The van der Waals surface area contributed by atoms with E-state index in [4.69, 9.17) is 0 Å². The number of H-pyrrole nitrogens is 1. The topological polar surface area (TPSA) is 86.3 Å². The Labute approximate surface area is 131 Å². The molecule has 0 saturated heterocycles. The van der Waals surface area contributed by atoms with Gasteiger partial charge in [0.1, 0.15) is 6.04 Å². The number of hydrogen-bond donors (Lipinski definition) is 2. The molecule has 0 saturated carbocycles. The number of imidazole rings is 1. The third-order valence-electron chi connectivity index (χ3n) is 3.61. The quantitative estimate of drug-likeness (QED) is 0.835. The summed E-state index contributed by atoms with van der Waals surface area (Å²) in [5.74, 6) is -0.953. The van der Waals surface area contributed by atoms with Crippen LogP contribution in [0.15, 0.2) is 41.6 Å². The predicted molar refractivity (Wildman–Crippen MR) is 81.4 cm³/mol. The van der Waals surface area contributed by atoms with Gasteiger partial charge in [0.25, 0.3) is 0 Å². The van der Waals surface area contributed by atoms with E-state index in [-0.39, 0.29) is 24.6 Å². The number of amides is 1. The van der Waals surface area contributed by atoms with Gasteiger partial charge in [-0.05, 0) is 12.1 Å². The van der Waals surface area contributed by atoms with E-state index in [1.54, 1.807) is 0 Å². The average Bonchev–Trinajstić information content (AvgIpc) is 2.99. The van der Waals surface area contributed by atoms with E-state index in [1.165, 1.54) is 23.0 Å². The van der Waals surface area contributed by atoms with Crippen molar-refractivity contribution < 1.29 is 14.7 Å². The van der Waals surface area contributed by atoms with Crippen molar-refractivity contribution >= 4 is 23.6 Å². The number of carboxylic acid groups (broad SMARTS) is 1. The maximum atomic E-state index is 12.4. The van der Waals surface area contributed by atoms with Crippen molar-refractivity contribution in [3.63, 3.8) is 0 Å². The van der Waals surface area contributed by atoms with Crippen molar-refractivity contribution in [1.82, 2.24) is 14.9 Å². The van der Waals surface area contributed by atoms with Crippen molar-refractivity contribution in [2.24, 2.45) is 0 Å². The minimum atomic E-state index is -0.994. The lowest BCUT2D eigenvalue weighted by molar-refractivity contribution is -0.150. The summed E-state index contributed by atoms with van der Waals surface area (Å²) in [6, 6.07) is 8.73. The lowest BCUT2D eigenvalue weighted by Gasteiger charge is -2.32. The largest absolute Gasteiger partial charge is 0.480 e. The molecule has 0 aliphatic carbocycles. The summed E-state index contributed by atoms with van der Waals surface area (Å²) in [6.07, 6.45) is 1.78. The van der Waals surface area contributed by atoms with Gasteiger partial charge in [-0.3, -0.25) is 4.79 Å². The van der Waals surface area contributed by atoms with E-state index < -0.39 is 12.0 Å². The second kappa shape index (κ2) is 6.23. The number of nitrogens with one attached hydrogen (secondary N) is 1. The molecule has 1 aliphatic heterocycles. The molecule has 1 aromatic heterocycles. The molecule has 7 heteroatoms. The van der Waals surface area contributed by atoms with Crippen LogP contribution in [0.1, 0.15) is 11.4 Å². The summed E-state index contributed by atoms with van der Waals surface area (Å²) in [6.45, 7) is 0.264. The third-order valence-corrected chi connectivity index (χ3v) is 4.61. The lowest BCUT2D eigenvalue weighted by atomic mass is 10.0. The molecule has 2 heterocycles. The number of aromatic amines is 1. The SMILES string of the molecule is O=C(O)C1Cc2nc[nH]c2CN1C(=O)CSc1ccccc1. The Kier molecular flexibility index (Phi) is 4.15. The molecule has 3 rings (SSSR count). The van der Waals surface area contributed by atoms with Crippen LogP contribution in [0.2, 0.25) is 0 Å². The maximum absolute atomic E-state index is 12.4. The molecule has 1 aromatic carbocycles. The minimum Gasteiger partial charge on any atom is -0.480 e. The van der Waals surface area contributed by atoms with E-state index in [9.17, 15) is 14.7 Å². The fourth-order valence-electron chi connectivity index (χ4n) is 2.46. The molecule has 2 aromatic rings. The van der Waals surface area contributed by atoms with E-state index in [0.29, 0.717) is 0 Å². The summed E-state index contributed by atoms with van der Waals surface area (Å²) in [4.78, 5) is 33.4. The number of carboxylic acids is 1. The molecular weight excluding hydrogens is 302 g/mol. The monoisotopic (exact) mass is 317 g/mol. The van der Waals surface area contributed by atoms with Crippen LogP contribution >= 0.6 is 11.8 Å². The van der Waals surface area contributed by atoms with Crippen LogP contribution in [0, 0.1) is 0 Å². The molecule has 0 bridgehead atoms. The molecule has 0 radical (unpaired) electrons. The van der Waals surface area contributed by atoms with Gasteiger partial charge >= 0.3 is 5.97 Å². The number of hydrogen-bond acceptors (Lipinski definition) is 4. The summed E-state index contributed by atoms with van der Waals surface area (Å²) in [7, 11) is 0. The third kappa shape index (κ3) is 2.99. The Hall–Kier alpha value is -2.28. The molecule has 1 aliphatic rings. The molecule has 1 amide bonds. The highest BCUT2D eigenvalue weighted by atomic mass is 32.2. The Balaban J connectivity index is 1.71. The van der Waals surface area contributed by atoms with Gasteiger partial charge in [0, 0.05) is 11.3 Å². The molecule has 6 nitrogen and oxygen atoms in total. The molecule has 1 unspecified atom stereocenters. The highest BCUT2D eigenvalue weighted by Crippen LogP contribution is 2.23. The molecule has 0 spiro atoms. The van der Waals surface area contributed by atoms with Gasteiger partial charge in [-0.15, -0.1) is 11.8 Å². The lowest BCUT2D eigenvalue weighted by Crippen LogP contribution is -2.49. The number of nitrogens with zero attached hydrogens (tertiary/aromatic N) is 2. The molecular formula is C15H15N3O3S. The van der Waals surface area contributed by atoms with Gasteiger partial charge in [-0.2, -0.15) is 0 Å². The summed E-state index contributed by atoms with van der Waals surface area (Å²) >= 11 is 1.41. The molecule has 0 fully saturated rings. The number of fused-ring (bicyclic) bond motifs is 1. The Morgan fingerprint density at radius 3 is 2.86 bits per heavy atom. The number of aliphatic carboxylic acids is 1. The first-order chi connectivity index (χ1) is 10.6. The summed E-state index contributed by atoms with van der Waals surface area (Å²) < 4.78 is 0. The maximum Gasteiger partial charge on any atom is 0.326 e. The zero-order chi connectivity index (χ0) is 15.5. The molecule has 114 valence electrons. The average molecular weight is 317 g/mol. The van der Waals surface area contributed by atoms with Crippen LogP contribution in [0.4, 0.5) is 0 Å². The van der Waals surface area contributed by atoms with Gasteiger partial charge in [-0.25, -0.2) is 9.78 Å². The zero-order valence-corrected chi connectivity index (χ0v) is 12.5. The molecule has 2 N–H and O–H groups in total. The van der Waals surface area contributed by atoms with Crippen LogP contribution in [-0.4, -0.2) is 43.6 Å². The van der Waals surface area contributed by atoms with E-state index in [2.05, 4.69) is 9.97 Å². The Morgan fingerprint density at radius 2 is 2.14 bits per heavy atom. The number of thioether (sulfide) groups is 1. The van der Waals surface area contributed by atoms with Gasteiger partial charge < -0.3 is 15.0 Å². The number of rotatable bonds is 4. The Bertz CT molecular complexity index is 686. The van der Waals surface area contributed by atoms with Crippen molar-refractivity contribution in [3.05, 3.63) is 48.0 Å². The van der Waals surface area contributed by atoms with E-state index in [1.807, 2.05) is 30.3 Å². The molecule has 1 atom stereocenters. The smallest absolute Gasteiger partial charge is 0.326 e. The zero-order valence-electron chi connectivity index (χ0n) is 11.7. The second-order valence-electron chi connectivity index (χ2n) is 5.01. The van der Waals surface area contributed by atoms with Crippen molar-refractivity contribution in [2.45, 2.75) is 23.9 Å². The van der Waals surface area contributed by atoms with Gasteiger partial charge in [0.05, 0.1) is 30.0 Å². The van der Waals surface area contributed by atoms with Crippen LogP contribution in [0.5, 0.6) is 0 Å². The number of aromatic nitrogens is 2. The van der Waals surface area contributed by atoms with Crippen LogP contribution in [0.25, 0.3) is 0 Å². The normalized spacial score (nSPS) is 17.1. The van der Waals surface area contributed by atoms with Crippen molar-refractivity contribution in [3.8, 4) is 0 Å². The highest BCUT2D eigenvalue weighted by molar-refractivity contribution is 8.00. The van der Waals surface area contributed by atoms with Crippen molar-refractivity contribution in [1.29, 1.82) is 0 Å². The predicted octanol–water partition coefficient (Wildman–Crippen LogP) is 1.54. The van der Waals surface area contributed by atoms with Gasteiger partial charge in [-0.1, -0.05) is 18.2 Å². The Morgan fingerprint density at radius 1 is 1.36 bits per heavy atom. The molecule has 22 heavy (non-hydrogen) atoms. The number of benzene rings is 1. The fraction of sp³-hybridized carbons (Fsp3) is 0.267. The first-order valence-corrected chi connectivity index (χ1v) is 7.85. The highest BCUT2D eigenvalue weighted by Gasteiger charge is 2.35. The first kappa shape index (κ1) is 14.6. The van der Waals surface area contributed by atoms with E-state index in [0.717, 1.165) is 16.3 Å². The minimum absolute atomic E-state index is 0.179. The van der Waals surface area contributed by atoms with Gasteiger partial charge in [0.15, 0.2) is 0 Å². The standard InChI is InChI=1S/C15H15N3O3S/c19-14(8-22-10-4-2-1-3-5-10)18-7-12-11(16-9-17-12)6-13(18)15(20)21/h1-5,9,13H,6-8H2,(H,16,17)(H,20,21). The summed E-state index contributed by atoms with van der Waals surface area (Å²) in [5, 5.41) is 9.37. The van der Waals surface area contributed by atoms with E-state index >= 15 is 0 Å². The van der Waals surface area contributed by atoms with Crippen LogP contribution in [0.3, 0.4) is 0 Å². The number of carbonyl (C=O) groups is 2. The van der Waals surface area contributed by atoms with Crippen LogP contribution < -0.4 is 0 Å². The van der Waals surface area contributed by atoms with Crippen molar-refractivity contribution in [2.75, 3.05) is 5.75 Å².